The van der Waals surface area contributed by atoms with Crippen molar-refractivity contribution < 1.29 is 21.6 Å². The highest BCUT2D eigenvalue weighted by Gasteiger charge is 2.30. The Morgan fingerprint density at radius 3 is 2.38 bits per heavy atom. The molecule has 0 amide bonds. The highest BCUT2D eigenvalue weighted by atomic mass is 32.2. The number of halogens is 3. The number of nitrogens with zero attached hydrogens (tertiary/aromatic N) is 1. The zero-order valence-corrected chi connectivity index (χ0v) is 11.5. The number of hydrogen-bond acceptors (Lipinski definition) is 3. The summed E-state index contributed by atoms with van der Waals surface area (Å²) in [5.41, 5.74) is -0.135. The summed E-state index contributed by atoms with van der Waals surface area (Å²) in [7, 11) is -3.83. The first-order valence-electron chi connectivity index (χ1n) is 5.93. The van der Waals surface area contributed by atoms with Crippen LogP contribution in [0.4, 0.5) is 13.2 Å². The lowest BCUT2D eigenvalue weighted by molar-refractivity contribution is -0.137. The number of alkyl halides is 3. The van der Waals surface area contributed by atoms with E-state index in [1.807, 2.05) is 0 Å². The summed E-state index contributed by atoms with van der Waals surface area (Å²) in [6, 6.07) is 3.34. The van der Waals surface area contributed by atoms with E-state index in [2.05, 4.69) is 14.7 Å². The molecule has 0 aliphatic heterocycles. The molecule has 0 bridgehead atoms. The first-order valence-corrected chi connectivity index (χ1v) is 7.41. The topological polar surface area (TPSA) is 74.8 Å². The number of nitrogens with one attached hydrogen (secondary N) is 2. The van der Waals surface area contributed by atoms with Crippen LogP contribution in [0, 0.1) is 0 Å². The molecule has 114 valence electrons. The molecule has 0 fully saturated rings. The Balaban J connectivity index is 2.02. The number of H-pyrrole nitrogens is 1. The summed E-state index contributed by atoms with van der Waals surface area (Å²) >= 11 is 0. The molecule has 0 unspecified atom stereocenters. The Bertz CT molecular complexity index is 680. The van der Waals surface area contributed by atoms with Crippen LogP contribution in [0.15, 0.2) is 41.7 Å². The van der Waals surface area contributed by atoms with E-state index in [-0.39, 0.29) is 11.4 Å². The molecule has 1 aromatic heterocycles. The van der Waals surface area contributed by atoms with Gasteiger partial charge in [-0.15, -0.1) is 0 Å². The predicted octanol–water partition coefficient (Wildman–Crippen LogP) is 1.95. The summed E-state index contributed by atoms with van der Waals surface area (Å²) in [4.78, 5) is 6.40. The van der Waals surface area contributed by atoms with Crippen molar-refractivity contribution in [2.75, 3.05) is 6.54 Å². The normalized spacial score (nSPS) is 12.5. The van der Waals surface area contributed by atoms with Crippen LogP contribution in [0.2, 0.25) is 0 Å². The van der Waals surface area contributed by atoms with Gasteiger partial charge in [0.1, 0.15) is 0 Å². The number of rotatable bonds is 5. The maximum atomic E-state index is 12.4. The molecule has 9 heteroatoms. The quantitative estimate of drug-likeness (QED) is 0.884. The van der Waals surface area contributed by atoms with Crippen LogP contribution in [-0.4, -0.2) is 24.9 Å². The zero-order chi connectivity index (χ0) is 15.5. The molecule has 0 aliphatic rings. The van der Waals surface area contributed by atoms with Crippen LogP contribution in [0.3, 0.4) is 0 Å². The Morgan fingerprint density at radius 1 is 1.19 bits per heavy atom. The van der Waals surface area contributed by atoms with Crippen molar-refractivity contribution in [1.29, 1.82) is 0 Å². The fraction of sp³-hybridized carbons (Fsp3) is 0.250. The summed E-state index contributed by atoms with van der Waals surface area (Å²) in [5, 5.41) is 0. The van der Waals surface area contributed by atoms with Gasteiger partial charge < -0.3 is 4.98 Å². The van der Waals surface area contributed by atoms with Crippen LogP contribution in [0.25, 0.3) is 0 Å². The molecule has 1 heterocycles. The third kappa shape index (κ3) is 4.05. The average Bonchev–Trinajstić information content (AvgIpc) is 2.91. The first-order chi connectivity index (χ1) is 9.79. The smallest absolute Gasteiger partial charge is 0.348 e. The summed E-state index contributed by atoms with van der Waals surface area (Å²) in [6.45, 7) is 0.117. The lowest BCUT2D eigenvalue weighted by Crippen LogP contribution is -2.26. The van der Waals surface area contributed by atoms with Gasteiger partial charge in [0.05, 0.1) is 16.8 Å². The van der Waals surface area contributed by atoms with E-state index in [0.29, 0.717) is 6.42 Å². The minimum Gasteiger partial charge on any atom is -0.348 e. The van der Waals surface area contributed by atoms with Crippen LogP contribution in [0.5, 0.6) is 0 Å². The van der Waals surface area contributed by atoms with Gasteiger partial charge >= 0.3 is 6.18 Å². The van der Waals surface area contributed by atoms with E-state index in [9.17, 15) is 21.6 Å². The minimum atomic E-state index is -4.49. The fourth-order valence-corrected chi connectivity index (χ4v) is 2.68. The maximum absolute atomic E-state index is 12.4. The van der Waals surface area contributed by atoms with Crippen molar-refractivity contribution in [2.45, 2.75) is 17.5 Å². The van der Waals surface area contributed by atoms with Gasteiger partial charge in [0.25, 0.3) is 0 Å². The lowest BCUT2D eigenvalue weighted by atomic mass is 10.2. The van der Waals surface area contributed by atoms with Gasteiger partial charge in [0.15, 0.2) is 0 Å². The molecule has 0 aliphatic carbocycles. The molecule has 0 saturated carbocycles. The molecule has 21 heavy (non-hydrogen) atoms. The molecule has 0 spiro atoms. The molecule has 0 atom stereocenters. The van der Waals surface area contributed by atoms with E-state index in [1.54, 1.807) is 6.20 Å². The maximum Gasteiger partial charge on any atom is 0.416 e. The third-order valence-corrected chi connectivity index (χ3v) is 4.21. The second-order valence-corrected chi connectivity index (χ2v) is 6.01. The van der Waals surface area contributed by atoms with Gasteiger partial charge in [-0.1, -0.05) is 0 Å². The van der Waals surface area contributed by atoms with Crippen LogP contribution in [0.1, 0.15) is 11.3 Å². The molecule has 5 nitrogen and oxygen atoms in total. The Kier molecular flexibility index (Phi) is 4.33. The number of imidazole rings is 1. The fourth-order valence-electron chi connectivity index (χ4n) is 1.65. The van der Waals surface area contributed by atoms with Gasteiger partial charge in [-0.2, -0.15) is 13.2 Å². The van der Waals surface area contributed by atoms with E-state index in [1.165, 1.54) is 6.33 Å². The first kappa shape index (κ1) is 15.5. The van der Waals surface area contributed by atoms with Crippen molar-refractivity contribution >= 4 is 10.0 Å². The second kappa shape index (κ2) is 5.86. The van der Waals surface area contributed by atoms with Crippen molar-refractivity contribution in [3.8, 4) is 0 Å². The molecule has 2 N–H and O–H groups in total. The molecule has 0 saturated heterocycles. The lowest BCUT2D eigenvalue weighted by Gasteiger charge is -2.09. The summed E-state index contributed by atoms with van der Waals surface area (Å²) < 4.78 is 63.3. The van der Waals surface area contributed by atoms with Gasteiger partial charge in [-0.05, 0) is 24.3 Å². The molecule has 0 radical (unpaired) electrons. The third-order valence-electron chi connectivity index (χ3n) is 2.73. The van der Waals surface area contributed by atoms with E-state index >= 15 is 0 Å². The largest absolute Gasteiger partial charge is 0.416 e. The number of sulfonamides is 1. The summed E-state index contributed by atoms with van der Waals surface area (Å²) in [5.74, 6) is 0. The highest BCUT2D eigenvalue weighted by molar-refractivity contribution is 7.89. The molecule has 2 aromatic rings. The molecular weight excluding hydrogens is 307 g/mol. The number of aromatic amines is 1. The van der Waals surface area contributed by atoms with E-state index < -0.39 is 21.8 Å². The van der Waals surface area contributed by atoms with Crippen LogP contribution in [-0.2, 0) is 22.6 Å². The monoisotopic (exact) mass is 319 g/mol. The summed E-state index contributed by atoms with van der Waals surface area (Å²) in [6.07, 6.45) is -1.05. The Labute approximate surface area is 119 Å². The van der Waals surface area contributed by atoms with Crippen molar-refractivity contribution in [3.63, 3.8) is 0 Å². The van der Waals surface area contributed by atoms with Crippen molar-refractivity contribution in [2.24, 2.45) is 0 Å². The highest BCUT2D eigenvalue weighted by Crippen LogP contribution is 2.29. The Hall–Kier alpha value is -1.87. The van der Waals surface area contributed by atoms with Crippen LogP contribution >= 0.6 is 0 Å². The average molecular weight is 319 g/mol. The predicted molar refractivity (Wildman–Crippen MR) is 68.9 cm³/mol. The zero-order valence-electron chi connectivity index (χ0n) is 10.7. The van der Waals surface area contributed by atoms with Gasteiger partial charge in [0, 0.05) is 24.9 Å². The Morgan fingerprint density at radius 2 is 1.86 bits per heavy atom. The van der Waals surface area contributed by atoms with Crippen LogP contribution < -0.4 is 4.72 Å². The number of aromatic nitrogens is 2. The molecule has 1 aromatic carbocycles. The minimum absolute atomic E-state index is 0.117. The van der Waals surface area contributed by atoms with Crippen molar-refractivity contribution in [1.82, 2.24) is 14.7 Å². The van der Waals surface area contributed by atoms with Gasteiger partial charge in [0.2, 0.25) is 10.0 Å². The SMILES string of the molecule is O=S(=O)(NCCc1cnc[nH]1)c1ccc(C(F)(F)F)cc1. The standard InChI is InChI=1S/C12H12F3N3O2S/c13-12(14,15)9-1-3-11(4-2-9)21(19,20)18-6-5-10-7-16-8-17-10/h1-4,7-8,18H,5-6H2,(H,16,17). The van der Waals surface area contributed by atoms with Gasteiger partial charge in [-0.25, -0.2) is 18.1 Å². The van der Waals surface area contributed by atoms with E-state index in [4.69, 9.17) is 0 Å². The van der Waals surface area contributed by atoms with Crippen molar-refractivity contribution in [3.05, 3.63) is 48.0 Å². The second-order valence-electron chi connectivity index (χ2n) is 4.25. The molecule has 2 rings (SSSR count). The molecular formula is C12H12F3N3O2S. The number of hydrogen-bond donors (Lipinski definition) is 2. The number of benzene rings is 1. The van der Waals surface area contributed by atoms with Gasteiger partial charge in [-0.3, -0.25) is 0 Å². The van der Waals surface area contributed by atoms with E-state index in [0.717, 1.165) is 30.0 Å².